The highest BCUT2D eigenvalue weighted by atomic mass is 35.5. The predicted molar refractivity (Wildman–Crippen MR) is 159 cm³/mol. The van der Waals surface area contributed by atoms with Gasteiger partial charge in [0.2, 0.25) is 11.8 Å². The van der Waals surface area contributed by atoms with Crippen LogP contribution in [0.25, 0.3) is 16.9 Å². The summed E-state index contributed by atoms with van der Waals surface area (Å²) in [6, 6.07) is 25.7. The van der Waals surface area contributed by atoms with Crippen LogP contribution in [-0.2, 0) is 14.3 Å². The van der Waals surface area contributed by atoms with E-state index in [0.717, 1.165) is 27.9 Å². The molecule has 0 unspecified atom stereocenters. The summed E-state index contributed by atoms with van der Waals surface area (Å²) in [5, 5.41) is 5.44. The number of hydrogen-bond acceptors (Lipinski definition) is 5. The molecule has 1 aromatic heterocycles. The summed E-state index contributed by atoms with van der Waals surface area (Å²) < 4.78 is 7.20. The molecule has 0 saturated carbocycles. The number of halogens is 1. The first-order valence-corrected chi connectivity index (χ1v) is 14.7. The Hall–Kier alpha value is -3.59. The fourth-order valence-corrected chi connectivity index (χ4v) is 6.80. The Morgan fingerprint density at radius 3 is 2.45 bits per heavy atom. The lowest BCUT2D eigenvalue weighted by Crippen LogP contribution is -2.48. The normalized spacial score (nSPS) is 17.4. The summed E-state index contributed by atoms with van der Waals surface area (Å²) in [5.41, 5.74) is 5.47. The average Bonchev–Trinajstić information content (AvgIpc) is 3.31. The van der Waals surface area contributed by atoms with Crippen LogP contribution in [0.3, 0.4) is 0 Å². The van der Waals surface area contributed by atoms with Crippen LogP contribution in [-0.4, -0.2) is 65.1 Å². The number of anilines is 1. The number of carbonyl (C=O) groups excluding carboxylic acids is 2. The zero-order valence-electron chi connectivity index (χ0n) is 22.1. The van der Waals surface area contributed by atoms with Gasteiger partial charge in [0.15, 0.2) is 0 Å². The van der Waals surface area contributed by atoms with E-state index >= 15 is 0 Å². The Labute approximate surface area is 242 Å². The quantitative estimate of drug-likeness (QED) is 0.315. The van der Waals surface area contributed by atoms with Crippen LogP contribution in [0.2, 0.25) is 5.02 Å². The SMILES string of the molecule is Cc1ccccc1[C@@H]1SCC(=O)N(CC(=O)N2CCOCC2)c2c1c(-c1ccccc1)nn2-c1ccccc1Cl. The van der Waals surface area contributed by atoms with Gasteiger partial charge in [-0.3, -0.25) is 14.5 Å². The van der Waals surface area contributed by atoms with Gasteiger partial charge < -0.3 is 9.64 Å². The lowest BCUT2D eigenvalue weighted by Gasteiger charge is -2.30. The summed E-state index contributed by atoms with van der Waals surface area (Å²) in [5.74, 6) is 0.546. The van der Waals surface area contributed by atoms with E-state index in [9.17, 15) is 9.59 Å². The molecular weight excluding hydrogens is 544 g/mol. The summed E-state index contributed by atoms with van der Waals surface area (Å²) in [7, 11) is 0. The van der Waals surface area contributed by atoms with Crippen LogP contribution in [0.15, 0.2) is 78.9 Å². The molecule has 0 bridgehead atoms. The molecule has 1 fully saturated rings. The van der Waals surface area contributed by atoms with Crippen molar-refractivity contribution in [2.45, 2.75) is 12.2 Å². The van der Waals surface area contributed by atoms with E-state index in [1.165, 1.54) is 0 Å². The van der Waals surface area contributed by atoms with Crippen molar-refractivity contribution in [1.82, 2.24) is 14.7 Å². The molecular formula is C31H29ClN4O3S. The van der Waals surface area contributed by atoms with Gasteiger partial charge in [-0.2, -0.15) is 5.10 Å². The van der Waals surface area contributed by atoms with Crippen LogP contribution >= 0.6 is 23.4 Å². The molecule has 0 radical (unpaired) electrons. The third-order valence-electron chi connectivity index (χ3n) is 7.34. The zero-order chi connectivity index (χ0) is 27.6. The van der Waals surface area contributed by atoms with E-state index in [4.69, 9.17) is 21.4 Å². The largest absolute Gasteiger partial charge is 0.378 e. The molecule has 1 saturated heterocycles. The van der Waals surface area contributed by atoms with Gasteiger partial charge in [0, 0.05) is 24.2 Å². The zero-order valence-corrected chi connectivity index (χ0v) is 23.7. The molecule has 1 atom stereocenters. The fourth-order valence-electron chi connectivity index (χ4n) is 5.29. The van der Waals surface area contributed by atoms with Gasteiger partial charge in [-0.05, 0) is 30.2 Å². The molecule has 4 aromatic rings. The van der Waals surface area contributed by atoms with Gasteiger partial charge in [-0.1, -0.05) is 78.3 Å². The van der Waals surface area contributed by atoms with Gasteiger partial charge in [-0.25, -0.2) is 4.68 Å². The van der Waals surface area contributed by atoms with Crippen LogP contribution in [0, 0.1) is 6.92 Å². The molecule has 2 amide bonds. The Balaban J connectivity index is 1.61. The van der Waals surface area contributed by atoms with Crippen molar-refractivity contribution in [2.24, 2.45) is 0 Å². The maximum absolute atomic E-state index is 13.9. The van der Waals surface area contributed by atoms with Crippen molar-refractivity contribution in [2.75, 3.05) is 43.5 Å². The van der Waals surface area contributed by atoms with Crippen molar-refractivity contribution < 1.29 is 14.3 Å². The number of thioether (sulfide) groups is 1. The molecule has 9 heteroatoms. The van der Waals surface area contributed by atoms with Gasteiger partial charge in [0.25, 0.3) is 0 Å². The molecule has 2 aliphatic heterocycles. The second-order valence-corrected chi connectivity index (χ2v) is 11.3. The second-order valence-electron chi connectivity index (χ2n) is 9.84. The molecule has 2 aliphatic rings. The molecule has 40 heavy (non-hydrogen) atoms. The minimum absolute atomic E-state index is 0.0861. The summed E-state index contributed by atoms with van der Waals surface area (Å²) >= 11 is 8.30. The number of amides is 2. The van der Waals surface area contributed by atoms with Crippen molar-refractivity contribution in [3.05, 3.63) is 101 Å². The smallest absolute Gasteiger partial charge is 0.242 e. The number of ether oxygens (including phenoxy) is 1. The number of nitrogens with zero attached hydrogens (tertiary/aromatic N) is 4. The van der Waals surface area contributed by atoms with E-state index in [1.54, 1.807) is 26.2 Å². The Bertz CT molecular complexity index is 1550. The summed E-state index contributed by atoms with van der Waals surface area (Å²) in [6.45, 7) is 4.00. The molecule has 7 nitrogen and oxygen atoms in total. The molecule has 0 N–H and O–H groups in total. The van der Waals surface area contributed by atoms with Crippen molar-refractivity contribution in [1.29, 1.82) is 0 Å². The number of aryl methyl sites for hydroxylation is 1. The lowest BCUT2D eigenvalue weighted by atomic mass is 9.97. The number of fused-ring (bicyclic) bond motifs is 1. The number of carbonyl (C=O) groups is 2. The van der Waals surface area contributed by atoms with E-state index in [-0.39, 0.29) is 29.4 Å². The van der Waals surface area contributed by atoms with Crippen LogP contribution < -0.4 is 4.90 Å². The highest BCUT2D eigenvalue weighted by Crippen LogP contribution is 2.49. The van der Waals surface area contributed by atoms with Crippen LogP contribution in [0.4, 0.5) is 5.82 Å². The molecule has 204 valence electrons. The highest BCUT2D eigenvalue weighted by molar-refractivity contribution is 8.00. The van der Waals surface area contributed by atoms with E-state index < -0.39 is 0 Å². The summed E-state index contributed by atoms with van der Waals surface area (Å²) in [4.78, 5) is 30.8. The number of para-hydroxylation sites is 1. The molecule has 6 rings (SSSR count). The van der Waals surface area contributed by atoms with Gasteiger partial charge in [0.05, 0.1) is 40.6 Å². The van der Waals surface area contributed by atoms with Crippen molar-refractivity contribution >= 4 is 41.0 Å². The maximum Gasteiger partial charge on any atom is 0.242 e. The third-order valence-corrected chi connectivity index (χ3v) is 8.90. The summed E-state index contributed by atoms with van der Waals surface area (Å²) in [6.07, 6.45) is 0. The molecule has 0 spiro atoms. The van der Waals surface area contributed by atoms with Crippen molar-refractivity contribution in [3.63, 3.8) is 0 Å². The van der Waals surface area contributed by atoms with Gasteiger partial charge in [-0.15, -0.1) is 11.8 Å². The second kappa shape index (κ2) is 11.5. The van der Waals surface area contributed by atoms with Crippen LogP contribution in [0.1, 0.15) is 21.9 Å². The minimum atomic E-state index is -0.185. The average molecular weight is 573 g/mol. The number of morpholine rings is 1. The Kier molecular flexibility index (Phi) is 7.65. The first-order valence-electron chi connectivity index (χ1n) is 13.3. The molecule has 0 aliphatic carbocycles. The maximum atomic E-state index is 13.9. The first-order chi connectivity index (χ1) is 19.5. The van der Waals surface area contributed by atoms with E-state index in [0.29, 0.717) is 42.8 Å². The minimum Gasteiger partial charge on any atom is -0.378 e. The standard InChI is InChI=1S/C31H29ClN4O3S/c1-21-9-5-6-12-23(21)30-28-29(22-10-3-2-4-11-22)33-36(25-14-8-7-13-24(25)32)31(28)35(27(38)20-40-30)19-26(37)34-15-17-39-18-16-34/h2-14,30H,15-20H2,1H3/t30-/m0/s1. The van der Waals surface area contributed by atoms with Gasteiger partial charge >= 0.3 is 0 Å². The Morgan fingerprint density at radius 1 is 1.00 bits per heavy atom. The van der Waals surface area contributed by atoms with E-state index in [1.807, 2.05) is 66.7 Å². The highest BCUT2D eigenvalue weighted by Gasteiger charge is 2.39. The first kappa shape index (κ1) is 26.6. The number of aromatic nitrogens is 2. The number of benzene rings is 3. The monoisotopic (exact) mass is 572 g/mol. The third kappa shape index (κ3) is 5.03. The number of hydrogen-bond donors (Lipinski definition) is 0. The Morgan fingerprint density at radius 2 is 1.70 bits per heavy atom. The fraction of sp³-hybridized carbons (Fsp3) is 0.258. The molecule has 3 heterocycles. The van der Waals surface area contributed by atoms with Gasteiger partial charge in [0.1, 0.15) is 12.4 Å². The van der Waals surface area contributed by atoms with E-state index in [2.05, 4.69) is 19.1 Å². The number of rotatable bonds is 5. The topological polar surface area (TPSA) is 67.7 Å². The van der Waals surface area contributed by atoms with Crippen molar-refractivity contribution in [3.8, 4) is 16.9 Å². The predicted octanol–water partition coefficient (Wildman–Crippen LogP) is 5.53. The van der Waals surface area contributed by atoms with Crippen LogP contribution in [0.5, 0.6) is 0 Å². The lowest BCUT2D eigenvalue weighted by molar-refractivity contribution is -0.134. The molecule has 3 aromatic carbocycles.